The number of halogens is 1. The Morgan fingerprint density at radius 2 is 2.00 bits per heavy atom. The lowest BCUT2D eigenvalue weighted by molar-refractivity contribution is -0.137. The van der Waals surface area contributed by atoms with Crippen LogP contribution in [-0.4, -0.2) is 36.4 Å². The fourth-order valence-corrected chi connectivity index (χ4v) is 2.49. The highest BCUT2D eigenvalue weighted by atomic mass is 19.1. The Morgan fingerprint density at radius 3 is 2.72 bits per heavy atom. The number of nitrogens with one attached hydrogen (secondary N) is 1. The zero-order chi connectivity index (χ0) is 18.0. The molecule has 1 aromatic carbocycles. The third-order valence-electron chi connectivity index (χ3n) is 3.81. The van der Waals surface area contributed by atoms with Crippen LogP contribution in [0.4, 0.5) is 10.2 Å². The number of carbonyl (C=O) groups is 1. The van der Waals surface area contributed by atoms with E-state index in [0.717, 1.165) is 0 Å². The molecule has 0 atom stereocenters. The van der Waals surface area contributed by atoms with Crippen LogP contribution in [0.5, 0.6) is 0 Å². The first kappa shape index (κ1) is 16.8. The molecule has 0 bridgehead atoms. The topological polar surface area (TPSA) is 92.4 Å². The molecule has 8 heteroatoms. The summed E-state index contributed by atoms with van der Waals surface area (Å²) in [5.41, 5.74) is 0.336. The zero-order valence-electron chi connectivity index (χ0n) is 13.9. The standard InChI is InChI=1S/C17H18FN5O2/c1-17(2,10-9-15(24)25)19-13-7-8-14-20-21-16(23(14)22-13)11-5-3-4-6-12(11)18/h3-8H,9-10H2,1-2H3,(H,19,22)(H,24,25). The van der Waals surface area contributed by atoms with E-state index in [1.54, 1.807) is 30.3 Å². The molecule has 0 fully saturated rings. The number of benzene rings is 1. The van der Waals surface area contributed by atoms with Crippen LogP contribution in [-0.2, 0) is 4.79 Å². The molecular weight excluding hydrogens is 325 g/mol. The molecule has 0 unspecified atom stereocenters. The molecule has 25 heavy (non-hydrogen) atoms. The molecule has 0 amide bonds. The van der Waals surface area contributed by atoms with E-state index in [-0.39, 0.29) is 6.42 Å². The average molecular weight is 343 g/mol. The van der Waals surface area contributed by atoms with Crippen LogP contribution in [0, 0.1) is 5.82 Å². The number of carboxylic acids is 1. The smallest absolute Gasteiger partial charge is 0.303 e. The summed E-state index contributed by atoms with van der Waals surface area (Å²) < 4.78 is 15.5. The average Bonchev–Trinajstić information content (AvgIpc) is 2.96. The molecule has 0 aliphatic carbocycles. The van der Waals surface area contributed by atoms with Gasteiger partial charge in [-0.05, 0) is 44.5 Å². The molecule has 0 saturated carbocycles. The van der Waals surface area contributed by atoms with Crippen LogP contribution >= 0.6 is 0 Å². The predicted molar refractivity (Wildman–Crippen MR) is 90.7 cm³/mol. The Balaban J connectivity index is 1.93. The van der Waals surface area contributed by atoms with E-state index in [1.165, 1.54) is 10.6 Å². The van der Waals surface area contributed by atoms with Crippen LogP contribution in [0.2, 0.25) is 0 Å². The maximum atomic E-state index is 14.0. The minimum Gasteiger partial charge on any atom is -0.481 e. The van der Waals surface area contributed by atoms with Crippen molar-refractivity contribution in [3.63, 3.8) is 0 Å². The van der Waals surface area contributed by atoms with Gasteiger partial charge in [0, 0.05) is 12.0 Å². The van der Waals surface area contributed by atoms with Gasteiger partial charge in [-0.3, -0.25) is 4.79 Å². The van der Waals surface area contributed by atoms with Gasteiger partial charge in [-0.25, -0.2) is 4.39 Å². The van der Waals surface area contributed by atoms with Gasteiger partial charge in [-0.1, -0.05) is 12.1 Å². The summed E-state index contributed by atoms with van der Waals surface area (Å²) in [5.74, 6) is -0.418. The maximum Gasteiger partial charge on any atom is 0.303 e. The van der Waals surface area contributed by atoms with E-state index in [9.17, 15) is 9.18 Å². The molecule has 0 spiro atoms. The fraction of sp³-hybridized carbons (Fsp3) is 0.294. The molecule has 130 valence electrons. The van der Waals surface area contributed by atoms with E-state index in [1.807, 2.05) is 13.8 Å². The lowest BCUT2D eigenvalue weighted by Crippen LogP contribution is -2.32. The van der Waals surface area contributed by atoms with Crippen molar-refractivity contribution in [3.8, 4) is 11.4 Å². The Hall–Kier alpha value is -3.03. The molecule has 3 aromatic rings. The number of aliphatic carboxylic acids is 1. The Morgan fingerprint density at radius 1 is 1.24 bits per heavy atom. The minimum atomic E-state index is -0.848. The second-order valence-electron chi connectivity index (χ2n) is 6.39. The highest BCUT2D eigenvalue weighted by Crippen LogP contribution is 2.23. The fourth-order valence-electron chi connectivity index (χ4n) is 2.49. The van der Waals surface area contributed by atoms with Crippen molar-refractivity contribution in [2.24, 2.45) is 0 Å². The summed E-state index contributed by atoms with van der Waals surface area (Å²) in [4.78, 5) is 10.8. The van der Waals surface area contributed by atoms with E-state index in [2.05, 4.69) is 20.6 Å². The van der Waals surface area contributed by atoms with E-state index in [0.29, 0.717) is 29.3 Å². The van der Waals surface area contributed by atoms with Crippen molar-refractivity contribution in [3.05, 3.63) is 42.2 Å². The first-order valence-electron chi connectivity index (χ1n) is 7.83. The summed E-state index contributed by atoms with van der Waals surface area (Å²) in [6, 6.07) is 9.75. The summed E-state index contributed by atoms with van der Waals surface area (Å²) in [6.07, 6.45) is 0.486. The second kappa shape index (κ2) is 6.46. The normalized spacial score (nSPS) is 11.6. The van der Waals surface area contributed by atoms with Crippen molar-refractivity contribution in [1.82, 2.24) is 19.8 Å². The molecule has 0 radical (unpaired) electrons. The van der Waals surface area contributed by atoms with Crippen LogP contribution < -0.4 is 5.32 Å². The van der Waals surface area contributed by atoms with Crippen LogP contribution in [0.15, 0.2) is 36.4 Å². The number of nitrogens with zero attached hydrogens (tertiary/aromatic N) is 4. The van der Waals surface area contributed by atoms with E-state index in [4.69, 9.17) is 5.11 Å². The third-order valence-corrected chi connectivity index (χ3v) is 3.81. The molecule has 2 N–H and O–H groups in total. The molecule has 0 aliphatic heterocycles. The zero-order valence-corrected chi connectivity index (χ0v) is 13.9. The van der Waals surface area contributed by atoms with Gasteiger partial charge in [0.25, 0.3) is 0 Å². The van der Waals surface area contributed by atoms with Crippen molar-refractivity contribution >= 4 is 17.4 Å². The number of hydrogen-bond acceptors (Lipinski definition) is 5. The van der Waals surface area contributed by atoms with E-state index < -0.39 is 17.3 Å². The molecule has 0 saturated heterocycles. The molecular formula is C17H18FN5O2. The number of aromatic nitrogens is 4. The minimum absolute atomic E-state index is 0.0509. The van der Waals surface area contributed by atoms with Gasteiger partial charge in [0.2, 0.25) is 0 Å². The lowest BCUT2D eigenvalue weighted by atomic mass is 9.98. The number of carboxylic acid groups (broad SMARTS) is 1. The highest BCUT2D eigenvalue weighted by molar-refractivity contribution is 5.67. The van der Waals surface area contributed by atoms with Crippen molar-refractivity contribution in [1.29, 1.82) is 0 Å². The lowest BCUT2D eigenvalue weighted by Gasteiger charge is -2.26. The Kier molecular flexibility index (Phi) is 4.35. The van der Waals surface area contributed by atoms with Crippen molar-refractivity contribution < 1.29 is 14.3 Å². The van der Waals surface area contributed by atoms with Gasteiger partial charge in [-0.15, -0.1) is 15.3 Å². The third kappa shape index (κ3) is 3.73. The molecule has 0 aliphatic rings. The number of hydrogen-bond donors (Lipinski definition) is 2. The van der Waals surface area contributed by atoms with Gasteiger partial charge < -0.3 is 10.4 Å². The van der Waals surface area contributed by atoms with Gasteiger partial charge in [-0.2, -0.15) is 4.52 Å². The summed E-state index contributed by atoms with van der Waals surface area (Å²) in [7, 11) is 0. The number of anilines is 1. The monoisotopic (exact) mass is 343 g/mol. The maximum absolute atomic E-state index is 14.0. The first-order chi connectivity index (χ1) is 11.9. The Bertz CT molecular complexity index is 922. The first-order valence-corrected chi connectivity index (χ1v) is 7.83. The largest absolute Gasteiger partial charge is 0.481 e. The highest BCUT2D eigenvalue weighted by Gasteiger charge is 2.20. The molecule has 3 rings (SSSR count). The predicted octanol–water partition coefficient (Wildman–Crippen LogP) is 2.99. The van der Waals surface area contributed by atoms with Gasteiger partial charge in [0.15, 0.2) is 11.5 Å². The van der Waals surface area contributed by atoms with Crippen LogP contribution in [0.25, 0.3) is 17.0 Å². The molecule has 7 nitrogen and oxygen atoms in total. The summed E-state index contributed by atoms with van der Waals surface area (Å²) >= 11 is 0. The second-order valence-corrected chi connectivity index (χ2v) is 6.39. The summed E-state index contributed by atoms with van der Waals surface area (Å²) in [6.45, 7) is 3.79. The van der Waals surface area contributed by atoms with Crippen molar-refractivity contribution in [2.45, 2.75) is 32.2 Å². The van der Waals surface area contributed by atoms with Crippen molar-refractivity contribution in [2.75, 3.05) is 5.32 Å². The van der Waals surface area contributed by atoms with Crippen LogP contribution in [0.3, 0.4) is 0 Å². The number of rotatable bonds is 6. The quantitative estimate of drug-likeness (QED) is 0.715. The summed E-state index contributed by atoms with van der Waals surface area (Å²) in [5, 5.41) is 24.5. The molecule has 2 heterocycles. The van der Waals surface area contributed by atoms with Gasteiger partial charge in [0.1, 0.15) is 11.6 Å². The van der Waals surface area contributed by atoms with Gasteiger partial charge in [0.05, 0.1) is 5.56 Å². The Labute approximate surface area is 143 Å². The van der Waals surface area contributed by atoms with Crippen LogP contribution in [0.1, 0.15) is 26.7 Å². The SMILES string of the molecule is CC(C)(CCC(=O)O)Nc1ccc2nnc(-c3ccccc3F)n2n1. The number of fused-ring (bicyclic) bond motifs is 1. The van der Waals surface area contributed by atoms with Gasteiger partial charge >= 0.3 is 5.97 Å². The van der Waals surface area contributed by atoms with E-state index >= 15 is 0 Å². The molecule has 2 aromatic heterocycles.